The van der Waals surface area contributed by atoms with Crippen LogP contribution in [0.2, 0.25) is 0 Å². The Morgan fingerprint density at radius 1 is 0.632 bits per heavy atom. The Morgan fingerprint density at radius 3 is 1.47 bits per heavy atom. The van der Waals surface area contributed by atoms with Crippen LogP contribution in [-0.2, 0) is 9.53 Å². The van der Waals surface area contributed by atoms with Gasteiger partial charge in [0.05, 0.1) is 12.5 Å². The third kappa shape index (κ3) is 25.2. The van der Waals surface area contributed by atoms with Gasteiger partial charge in [0, 0.05) is 19.0 Å². The van der Waals surface area contributed by atoms with Crippen LogP contribution in [0, 0.1) is 11.8 Å². The average Bonchev–Trinajstić information content (AvgIpc) is 3.64. The van der Waals surface area contributed by atoms with Gasteiger partial charge in [-0.1, -0.05) is 182 Å². The number of esters is 1. The Hall–Kier alpha value is -2.12. The van der Waals surface area contributed by atoms with Gasteiger partial charge in [-0.25, -0.2) is 4.79 Å². The van der Waals surface area contributed by atoms with E-state index < -0.39 is 5.97 Å². The average molecular weight is 801 g/mol. The van der Waals surface area contributed by atoms with Crippen LogP contribution in [0.25, 0.3) is 0 Å². The highest BCUT2D eigenvalue weighted by Crippen LogP contribution is 2.35. The zero-order valence-corrected chi connectivity index (χ0v) is 38.4. The predicted molar refractivity (Wildman–Crippen MR) is 242 cm³/mol. The van der Waals surface area contributed by atoms with Gasteiger partial charge < -0.3 is 19.5 Å². The van der Waals surface area contributed by atoms with Gasteiger partial charge >= 0.3 is 11.9 Å². The number of carbonyl (C=O) groups excluding carboxylic acids is 1. The van der Waals surface area contributed by atoms with Crippen LogP contribution in [0.1, 0.15) is 225 Å². The normalized spacial score (nSPS) is 15.1. The van der Waals surface area contributed by atoms with E-state index in [1.807, 2.05) is 0 Å². The molecule has 1 aliphatic rings. The summed E-state index contributed by atoms with van der Waals surface area (Å²) in [5.41, 5.74) is 0.156. The fourth-order valence-electron chi connectivity index (χ4n) is 8.26. The first-order valence-corrected chi connectivity index (χ1v) is 24.5. The zero-order valence-electron chi connectivity index (χ0n) is 38.4. The molecule has 1 N–H and O–H groups in total. The van der Waals surface area contributed by atoms with Gasteiger partial charge in [0.2, 0.25) is 0 Å². The lowest BCUT2D eigenvalue weighted by molar-refractivity contribution is -0.146. The number of para-hydroxylation sites is 1. The lowest BCUT2D eigenvalue weighted by Crippen LogP contribution is -2.49. The van der Waals surface area contributed by atoms with Gasteiger partial charge in [-0.15, -0.1) is 0 Å². The Bertz CT molecular complexity index is 1030. The molecule has 7 heteroatoms. The summed E-state index contributed by atoms with van der Waals surface area (Å²) >= 11 is 0. The molecule has 1 aromatic carbocycles. The number of ether oxygens (including phenoxy) is 2. The summed E-state index contributed by atoms with van der Waals surface area (Å²) in [6, 6.07) is 6.81. The van der Waals surface area contributed by atoms with Crippen LogP contribution >= 0.6 is 0 Å². The number of cyclic esters (lactones) is 1. The van der Waals surface area contributed by atoms with Crippen molar-refractivity contribution in [3.63, 3.8) is 0 Å². The molecular formula is C50H92N2O5. The van der Waals surface area contributed by atoms with E-state index in [0.717, 1.165) is 64.5 Å². The number of carbonyl (C=O) groups is 2. The van der Waals surface area contributed by atoms with Crippen LogP contribution in [-0.4, -0.2) is 72.4 Å². The molecular weight excluding hydrogens is 709 g/mol. The maximum absolute atomic E-state index is 12.6. The van der Waals surface area contributed by atoms with Crippen molar-refractivity contribution < 1.29 is 24.2 Å². The minimum atomic E-state index is -1.00. The van der Waals surface area contributed by atoms with Crippen molar-refractivity contribution >= 4 is 11.9 Å². The highest BCUT2D eigenvalue weighted by atomic mass is 16.5. The van der Waals surface area contributed by atoms with E-state index in [1.165, 1.54) is 135 Å². The molecule has 0 aliphatic carbocycles. The largest absolute Gasteiger partial charge is 0.478 e. The molecule has 0 radical (unpaired) electrons. The first-order valence-electron chi connectivity index (χ1n) is 24.5. The lowest BCUT2D eigenvalue weighted by Gasteiger charge is -2.39. The minimum absolute atomic E-state index is 0.0416. The van der Waals surface area contributed by atoms with Crippen molar-refractivity contribution in [1.82, 2.24) is 9.80 Å². The van der Waals surface area contributed by atoms with Gasteiger partial charge in [0.25, 0.3) is 0 Å². The van der Waals surface area contributed by atoms with Crippen molar-refractivity contribution in [2.24, 2.45) is 11.8 Å². The van der Waals surface area contributed by atoms with Crippen LogP contribution in [0.5, 0.6) is 5.75 Å². The maximum atomic E-state index is 12.6. The quantitative estimate of drug-likeness (QED) is 0.0408. The molecule has 1 aliphatic heterocycles. The van der Waals surface area contributed by atoms with Gasteiger partial charge in [-0.2, -0.15) is 0 Å². The molecule has 0 bridgehead atoms. The summed E-state index contributed by atoms with van der Waals surface area (Å²) in [5, 5.41) is 9.69. The molecule has 1 aromatic rings. The topological polar surface area (TPSA) is 79.3 Å². The number of hydrogen-bond acceptors (Lipinski definition) is 6. The van der Waals surface area contributed by atoms with Gasteiger partial charge in [0.1, 0.15) is 11.3 Å². The third-order valence-corrected chi connectivity index (χ3v) is 11.8. The van der Waals surface area contributed by atoms with E-state index in [-0.39, 0.29) is 29.6 Å². The van der Waals surface area contributed by atoms with Crippen molar-refractivity contribution in [2.75, 3.05) is 39.3 Å². The van der Waals surface area contributed by atoms with Crippen molar-refractivity contribution in [3.8, 4) is 5.75 Å². The van der Waals surface area contributed by atoms with E-state index in [0.29, 0.717) is 18.8 Å². The molecule has 2 rings (SSSR count). The molecule has 1 saturated heterocycles. The molecule has 3 atom stereocenters. The first-order chi connectivity index (χ1) is 27.9. The number of carboxylic acid groups (broad SMARTS) is 1. The molecule has 0 saturated carbocycles. The molecule has 1 heterocycles. The molecule has 57 heavy (non-hydrogen) atoms. The van der Waals surface area contributed by atoms with E-state index in [2.05, 4.69) is 51.3 Å². The van der Waals surface area contributed by atoms with Crippen LogP contribution in [0.15, 0.2) is 24.3 Å². The zero-order chi connectivity index (χ0) is 41.8. The molecule has 1 fully saturated rings. The Labute approximate surface area is 352 Å². The molecule has 332 valence electrons. The van der Waals surface area contributed by atoms with Crippen molar-refractivity contribution in [3.05, 3.63) is 29.8 Å². The maximum Gasteiger partial charge on any atom is 0.339 e. The molecule has 7 nitrogen and oxygen atoms in total. The van der Waals surface area contributed by atoms with Gasteiger partial charge in [0.15, 0.2) is 6.23 Å². The van der Waals surface area contributed by atoms with Crippen LogP contribution in [0.3, 0.4) is 0 Å². The minimum Gasteiger partial charge on any atom is -0.478 e. The summed E-state index contributed by atoms with van der Waals surface area (Å²) in [4.78, 5) is 29.6. The summed E-state index contributed by atoms with van der Waals surface area (Å²) < 4.78 is 11.9. The fourth-order valence-corrected chi connectivity index (χ4v) is 8.26. The SMILES string of the molecule is CCCCCCCCN(CCCCCCCC)CCCCCCCC.CCCCCN(CCCCC)[C@@H](Oc1ccccc1C(=O)O)C(CCC)C1CCOC1=O. The number of carboxylic acids is 1. The third-order valence-electron chi connectivity index (χ3n) is 11.8. The van der Waals surface area contributed by atoms with Crippen LogP contribution in [0.4, 0.5) is 0 Å². The molecule has 0 amide bonds. The van der Waals surface area contributed by atoms with Gasteiger partial charge in [-0.3, -0.25) is 9.69 Å². The number of benzene rings is 1. The van der Waals surface area contributed by atoms with E-state index in [9.17, 15) is 14.7 Å². The number of nitrogens with zero attached hydrogens (tertiary/aromatic N) is 2. The Kier molecular flexibility index (Phi) is 34.3. The predicted octanol–water partition coefficient (Wildman–Crippen LogP) is 14.1. The summed E-state index contributed by atoms with van der Waals surface area (Å²) in [7, 11) is 0. The second-order valence-corrected chi connectivity index (χ2v) is 16.9. The monoisotopic (exact) mass is 801 g/mol. The first kappa shape index (κ1) is 52.9. The van der Waals surface area contributed by atoms with E-state index in [4.69, 9.17) is 9.47 Å². The smallest absolute Gasteiger partial charge is 0.339 e. The second kappa shape index (κ2) is 36.9. The second-order valence-electron chi connectivity index (χ2n) is 16.9. The summed E-state index contributed by atoms with van der Waals surface area (Å²) in [6.07, 6.45) is 34.4. The standard InChI is InChI=1S/C26H41NO5.C24H51N/c1-4-7-11-17-27(18-12-8-5-2)24(20(13-6-3)21-16-19-31-26(21)30)32-23-15-10-9-14-22(23)25(28)29;1-4-7-10-13-16-19-22-25(23-20-17-14-11-8-5-2)24-21-18-15-12-9-6-3/h9-10,14-15,20-21,24H,4-8,11-13,16-19H2,1-3H3,(H,28,29);4-24H2,1-3H3/t20?,21?,24-;/m0./s1. The Morgan fingerprint density at radius 2 is 1.05 bits per heavy atom. The Balaban J connectivity index is 0.000000590. The lowest BCUT2D eigenvalue weighted by atomic mass is 9.85. The summed E-state index contributed by atoms with van der Waals surface area (Å²) in [5.74, 6) is -1.04. The van der Waals surface area contributed by atoms with Crippen LogP contribution < -0.4 is 4.74 Å². The highest BCUT2D eigenvalue weighted by molar-refractivity contribution is 5.90. The summed E-state index contributed by atoms with van der Waals surface area (Å²) in [6.45, 7) is 19.7. The van der Waals surface area contributed by atoms with Crippen molar-refractivity contribution in [1.29, 1.82) is 0 Å². The van der Waals surface area contributed by atoms with E-state index in [1.54, 1.807) is 24.3 Å². The number of aromatic carboxylic acids is 1. The number of hydrogen-bond donors (Lipinski definition) is 1. The highest BCUT2D eigenvalue weighted by Gasteiger charge is 2.41. The van der Waals surface area contributed by atoms with E-state index >= 15 is 0 Å². The fraction of sp³-hybridized carbons (Fsp3) is 0.840. The number of unbranched alkanes of at least 4 members (excludes halogenated alkanes) is 19. The molecule has 0 aromatic heterocycles. The van der Waals surface area contributed by atoms with Crippen molar-refractivity contribution in [2.45, 2.75) is 221 Å². The van der Waals surface area contributed by atoms with Gasteiger partial charge in [-0.05, 0) is 76.7 Å². The molecule has 2 unspecified atom stereocenters. The molecule has 0 spiro atoms. The number of rotatable bonds is 37.